The van der Waals surface area contributed by atoms with E-state index in [-0.39, 0.29) is 12.1 Å². The molecular weight excluding hydrogens is 232 g/mol. The van der Waals surface area contributed by atoms with Crippen LogP contribution in [-0.4, -0.2) is 35.7 Å². The van der Waals surface area contributed by atoms with Gasteiger partial charge in [-0.2, -0.15) is 0 Å². The smallest absolute Gasteiger partial charge is 0.410 e. The van der Waals surface area contributed by atoms with Gasteiger partial charge in [-0.1, -0.05) is 19.9 Å². The summed E-state index contributed by atoms with van der Waals surface area (Å²) < 4.78 is 10.3. The molecule has 1 unspecified atom stereocenters. The van der Waals surface area contributed by atoms with Gasteiger partial charge in [0.1, 0.15) is 6.61 Å². The van der Waals surface area contributed by atoms with Crippen LogP contribution in [-0.2, 0) is 11.3 Å². The molecule has 0 aromatic carbocycles. The van der Waals surface area contributed by atoms with E-state index in [1.807, 2.05) is 12.1 Å². The molecule has 5 heteroatoms. The minimum atomic E-state index is -0.264. The maximum atomic E-state index is 11.7. The third kappa shape index (κ3) is 2.39. The highest BCUT2D eigenvalue weighted by atomic mass is 16.6. The zero-order chi connectivity index (χ0) is 13.1. The van der Waals surface area contributed by atoms with Crippen molar-refractivity contribution in [3.63, 3.8) is 0 Å². The molecular formula is C13H18N2O3. The summed E-state index contributed by atoms with van der Waals surface area (Å²) in [6, 6.07) is 3.86. The molecule has 1 fully saturated rings. The Balaban J connectivity index is 2.19. The van der Waals surface area contributed by atoms with Gasteiger partial charge in [-0.3, -0.25) is 4.90 Å². The van der Waals surface area contributed by atoms with Crippen molar-refractivity contribution in [2.45, 2.75) is 26.4 Å². The lowest BCUT2D eigenvalue weighted by Gasteiger charge is -2.24. The number of carbonyl (C=O) groups excluding carboxylic acids is 1. The molecule has 1 amide bonds. The number of ether oxygens (including phenoxy) is 2. The van der Waals surface area contributed by atoms with E-state index in [9.17, 15) is 4.79 Å². The number of aromatic nitrogens is 1. The van der Waals surface area contributed by atoms with Gasteiger partial charge < -0.3 is 9.47 Å². The number of nitrogens with zero attached hydrogens (tertiary/aromatic N) is 2. The van der Waals surface area contributed by atoms with Gasteiger partial charge in [0, 0.05) is 11.8 Å². The predicted octanol–water partition coefficient (Wildman–Crippen LogP) is 2.07. The standard InChI is InChI=1S/C13H18N2O3/c1-9(2)11-8-18-13(16)15(11)7-10-5-4-6-14-12(10)17-3/h4-6,9,11H,7-8H2,1-3H3. The highest BCUT2D eigenvalue weighted by molar-refractivity contribution is 5.70. The van der Waals surface area contributed by atoms with Crippen LogP contribution in [0.15, 0.2) is 18.3 Å². The molecule has 0 bridgehead atoms. The van der Waals surface area contributed by atoms with E-state index in [1.54, 1.807) is 18.2 Å². The van der Waals surface area contributed by atoms with E-state index in [0.29, 0.717) is 24.9 Å². The quantitative estimate of drug-likeness (QED) is 0.820. The van der Waals surface area contributed by atoms with Crippen LogP contribution >= 0.6 is 0 Å². The summed E-state index contributed by atoms with van der Waals surface area (Å²) in [7, 11) is 1.58. The molecule has 0 N–H and O–H groups in total. The molecule has 18 heavy (non-hydrogen) atoms. The van der Waals surface area contributed by atoms with Gasteiger partial charge in [0.25, 0.3) is 0 Å². The fourth-order valence-corrected chi connectivity index (χ4v) is 2.11. The van der Waals surface area contributed by atoms with Crippen LogP contribution in [0, 0.1) is 5.92 Å². The lowest BCUT2D eigenvalue weighted by molar-refractivity contribution is 0.154. The first-order valence-electron chi connectivity index (χ1n) is 6.04. The molecule has 1 atom stereocenters. The Morgan fingerprint density at radius 3 is 3.06 bits per heavy atom. The second kappa shape index (κ2) is 5.25. The number of hydrogen-bond acceptors (Lipinski definition) is 4. The summed E-state index contributed by atoms with van der Waals surface area (Å²) >= 11 is 0. The monoisotopic (exact) mass is 250 g/mol. The Hall–Kier alpha value is -1.78. The zero-order valence-corrected chi connectivity index (χ0v) is 10.9. The first-order valence-corrected chi connectivity index (χ1v) is 6.04. The molecule has 0 spiro atoms. The van der Waals surface area contributed by atoms with Crippen molar-refractivity contribution in [3.05, 3.63) is 23.9 Å². The number of amides is 1. The maximum absolute atomic E-state index is 11.7. The summed E-state index contributed by atoms with van der Waals surface area (Å²) in [4.78, 5) is 17.6. The minimum Gasteiger partial charge on any atom is -0.481 e. The van der Waals surface area contributed by atoms with Crippen LogP contribution < -0.4 is 4.74 Å². The van der Waals surface area contributed by atoms with Crippen molar-refractivity contribution in [2.75, 3.05) is 13.7 Å². The predicted molar refractivity (Wildman–Crippen MR) is 66.3 cm³/mol. The zero-order valence-electron chi connectivity index (χ0n) is 10.9. The Morgan fingerprint density at radius 2 is 2.39 bits per heavy atom. The van der Waals surface area contributed by atoms with E-state index in [0.717, 1.165) is 5.56 Å². The van der Waals surface area contributed by atoms with Crippen molar-refractivity contribution in [1.29, 1.82) is 0 Å². The average Bonchev–Trinajstić information content (AvgIpc) is 2.72. The van der Waals surface area contributed by atoms with E-state index < -0.39 is 0 Å². The van der Waals surface area contributed by atoms with E-state index in [4.69, 9.17) is 9.47 Å². The van der Waals surface area contributed by atoms with Crippen LogP contribution in [0.1, 0.15) is 19.4 Å². The van der Waals surface area contributed by atoms with E-state index in [2.05, 4.69) is 18.8 Å². The molecule has 1 aromatic rings. The van der Waals surface area contributed by atoms with Gasteiger partial charge in [-0.15, -0.1) is 0 Å². The van der Waals surface area contributed by atoms with Crippen molar-refractivity contribution in [3.8, 4) is 5.88 Å². The maximum Gasteiger partial charge on any atom is 0.410 e. The molecule has 0 saturated carbocycles. The highest BCUT2D eigenvalue weighted by Gasteiger charge is 2.35. The van der Waals surface area contributed by atoms with E-state index >= 15 is 0 Å². The van der Waals surface area contributed by atoms with Crippen LogP contribution in [0.3, 0.4) is 0 Å². The lowest BCUT2D eigenvalue weighted by Crippen LogP contribution is -2.36. The van der Waals surface area contributed by atoms with Crippen LogP contribution in [0.2, 0.25) is 0 Å². The molecule has 1 saturated heterocycles. The first kappa shape index (κ1) is 12.7. The van der Waals surface area contributed by atoms with Crippen molar-refractivity contribution in [2.24, 2.45) is 5.92 Å². The van der Waals surface area contributed by atoms with Gasteiger partial charge in [0.05, 0.1) is 19.7 Å². The Bertz CT molecular complexity index is 434. The summed E-state index contributed by atoms with van der Waals surface area (Å²) in [6.45, 7) is 5.10. The number of rotatable bonds is 4. The number of hydrogen-bond donors (Lipinski definition) is 0. The van der Waals surface area contributed by atoms with Crippen LogP contribution in [0.5, 0.6) is 5.88 Å². The average molecular weight is 250 g/mol. The van der Waals surface area contributed by atoms with Crippen molar-refractivity contribution in [1.82, 2.24) is 9.88 Å². The molecule has 1 aliphatic heterocycles. The van der Waals surface area contributed by atoms with Crippen LogP contribution in [0.4, 0.5) is 4.79 Å². The molecule has 5 nitrogen and oxygen atoms in total. The van der Waals surface area contributed by atoms with Crippen molar-refractivity contribution >= 4 is 6.09 Å². The Labute approximate surface area is 107 Å². The second-order valence-electron chi connectivity index (χ2n) is 4.69. The summed E-state index contributed by atoms with van der Waals surface area (Å²) in [5.41, 5.74) is 0.893. The molecule has 2 rings (SSSR count). The Morgan fingerprint density at radius 1 is 1.61 bits per heavy atom. The molecule has 1 aliphatic rings. The number of cyclic esters (lactones) is 1. The minimum absolute atomic E-state index is 0.113. The highest BCUT2D eigenvalue weighted by Crippen LogP contribution is 2.24. The molecule has 98 valence electrons. The molecule has 2 heterocycles. The molecule has 0 radical (unpaired) electrons. The number of methoxy groups -OCH3 is 1. The molecule has 0 aliphatic carbocycles. The summed E-state index contributed by atoms with van der Waals surface area (Å²) in [6.07, 6.45) is 1.41. The van der Waals surface area contributed by atoms with Crippen molar-refractivity contribution < 1.29 is 14.3 Å². The van der Waals surface area contributed by atoms with E-state index in [1.165, 1.54) is 0 Å². The first-order chi connectivity index (χ1) is 8.63. The largest absolute Gasteiger partial charge is 0.481 e. The van der Waals surface area contributed by atoms with Gasteiger partial charge in [-0.25, -0.2) is 9.78 Å². The topological polar surface area (TPSA) is 51.7 Å². The fraction of sp³-hybridized carbons (Fsp3) is 0.538. The second-order valence-corrected chi connectivity index (χ2v) is 4.69. The van der Waals surface area contributed by atoms with Gasteiger partial charge in [0.15, 0.2) is 0 Å². The summed E-state index contributed by atoms with van der Waals surface area (Å²) in [5, 5.41) is 0. The third-order valence-corrected chi connectivity index (χ3v) is 3.17. The van der Waals surface area contributed by atoms with Gasteiger partial charge >= 0.3 is 6.09 Å². The fourth-order valence-electron chi connectivity index (χ4n) is 2.11. The molecule has 1 aromatic heterocycles. The van der Waals surface area contributed by atoms with Crippen LogP contribution in [0.25, 0.3) is 0 Å². The number of pyridine rings is 1. The SMILES string of the molecule is COc1ncccc1CN1C(=O)OCC1C(C)C. The normalized spacial score (nSPS) is 19.2. The number of carbonyl (C=O) groups is 1. The third-order valence-electron chi connectivity index (χ3n) is 3.17. The lowest BCUT2D eigenvalue weighted by atomic mass is 10.0. The summed E-state index contributed by atoms with van der Waals surface area (Å²) in [5.74, 6) is 0.916. The van der Waals surface area contributed by atoms with Gasteiger partial charge in [0.2, 0.25) is 5.88 Å². The Kier molecular flexibility index (Phi) is 3.69. The van der Waals surface area contributed by atoms with Gasteiger partial charge in [-0.05, 0) is 12.0 Å².